The molecule has 0 radical (unpaired) electrons. The highest BCUT2D eigenvalue weighted by Gasteiger charge is 2.23. The van der Waals surface area contributed by atoms with E-state index in [4.69, 9.17) is 5.73 Å². The van der Waals surface area contributed by atoms with Gasteiger partial charge in [0.25, 0.3) is 0 Å². The van der Waals surface area contributed by atoms with Crippen LogP contribution >= 0.6 is 0 Å². The fourth-order valence-corrected chi connectivity index (χ4v) is 3.54. The molecule has 1 aromatic rings. The van der Waals surface area contributed by atoms with Crippen LogP contribution in [0.3, 0.4) is 0 Å². The maximum atomic E-state index is 11.3. The summed E-state index contributed by atoms with van der Waals surface area (Å²) < 4.78 is 22.6. The molecule has 2 rings (SSSR count). The van der Waals surface area contributed by atoms with Crippen molar-refractivity contribution in [2.24, 2.45) is 0 Å². The number of sulfone groups is 1. The summed E-state index contributed by atoms with van der Waals surface area (Å²) in [6, 6.07) is 6.05. The van der Waals surface area contributed by atoms with Crippen molar-refractivity contribution in [3.05, 3.63) is 23.8 Å². The Morgan fingerprint density at radius 1 is 1.29 bits per heavy atom. The van der Waals surface area contributed by atoms with Crippen molar-refractivity contribution in [1.29, 1.82) is 0 Å². The Bertz CT molecular complexity index is 497. The second-order valence-corrected chi connectivity index (χ2v) is 6.96. The van der Waals surface area contributed by atoms with E-state index in [1.807, 2.05) is 25.1 Å². The predicted octanol–water partition coefficient (Wildman–Crippen LogP) is 1.57. The van der Waals surface area contributed by atoms with Crippen molar-refractivity contribution < 1.29 is 8.42 Å². The van der Waals surface area contributed by atoms with E-state index >= 15 is 0 Å². The molecule has 0 spiro atoms. The Kier molecular flexibility index (Phi) is 3.28. The van der Waals surface area contributed by atoms with Crippen LogP contribution < -0.4 is 11.1 Å². The van der Waals surface area contributed by atoms with Gasteiger partial charge in [0.2, 0.25) is 0 Å². The summed E-state index contributed by atoms with van der Waals surface area (Å²) in [6.45, 7) is 2.01. The first-order valence-electron chi connectivity index (χ1n) is 5.79. The lowest BCUT2D eigenvalue weighted by Gasteiger charge is -2.24. The number of nitrogen functional groups attached to an aromatic ring is 1. The molecule has 0 bridgehead atoms. The van der Waals surface area contributed by atoms with E-state index in [2.05, 4.69) is 5.32 Å². The van der Waals surface area contributed by atoms with E-state index in [1.165, 1.54) is 0 Å². The van der Waals surface area contributed by atoms with E-state index in [0.29, 0.717) is 18.5 Å². The molecule has 0 aliphatic carbocycles. The van der Waals surface area contributed by atoms with Gasteiger partial charge in [-0.1, -0.05) is 6.07 Å². The van der Waals surface area contributed by atoms with E-state index in [0.717, 1.165) is 11.3 Å². The van der Waals surface area contributed by atoms with Crippen molar-refractivity contribution in [3.8, 4) is 0 Å². The molecule has 0 saturated carbocycles. The quantitative estimate of drug-likeness (QED) is 0.786. The third-order valence-corrected chi connectivity index (χ3v) is 4.84. The minimum Gasteiger partial charge on any atom is -0.397 e. The van der Waals surface area contributed by atoms with Crippen LogP contribution in [-0.4, -0.2) is 26.0 Å². The van der Waals surface area contributed by atoms with Crippen molar-refractivity contribution in [1.82, 2.24) is 0 Å². The lowest BCUT2D eigenvalue weighted by Crippen LogP contribution is -2.32. The van der Waals surface area contributed by atoms with Gasteiger partial charge in [-0.25, -0.2) is 8.42 Å². The molecule has 17 heavy (non-hydrogen) atoms. The normalized spacial score (nSPS) is 20.1. The van der Waals surface area contributed by atoms with Gasteiger partial charge in [-0.15, -0.1) is 0 Å². The lowest BCUT2D eigenvalue weighted by molar-refractivity contribution is 0.559. The molecule has 1 fully saturated rings. The SMILES string of the molecule is Cc1ccc(N)c(NC2CCS(=O)(=O)CC2)c1. The summed E-state index contributed by atoms with van der Waals surface area (Å²) in [5, 5.41) is 3.34. The smallest absolute Gasteiger partial charge is 0.150 e. The zero-order valence-electron chi connectivity index (χ0n) is 9.94. The number of nitrogens with one attached hydrogen (secondary N) is 1. The van der Waals surface area contributed by atoms with E-state index in [1.54, 1.807) is 0 Å². The summed E-state index contributed by atoms with van der Waals surface area (Å²) >= 11 is 0. The van der Waals surface area contributed by atoms with Gasteiger partial charge in [0.1, 0.15) is 9.84 Å². The zero-order valence-corrected chi connectivity index (χ0v) is 10.8. The fourth-order valence-electron chi connectivity index (χ4n) is 2.05. The summed E-state index contributed by atoms with van der Waals surface area (Å²) in [5.41, 5.74) is 8.65. The molecule has 0 unspecified atom stereocenters. The number of aryl methyl sites for hydroxylation is 1. The van der Waals surface area contributed by atoms with Crippen molar-refractivity contribution in [2.45, 2.75) is 25.8 Å². The van der Waals surface area contributed by atoms with Gasteiger partial charge in [0.15, 0.2) is 0 Å². The van der Waals surface area contributed by atoms with Gasteiger partial charge < -0.3 is 11.1 Å². The van der Waals surface area contributed by atoms with Crippen LogP contribution in [0.5, 0.6) is 0 Å². The minimum atomic E-state index is -2.80. The van der Waals surface area contributed by atoms with Crippen molar-refractivity contribution in [3.63, 3.8) is 0 Å². The predicted molar refractivity (Wildman–Crippen MR) is 70.9 cm³/mol. The number of anilines is 2. The summed E-state index contributed by atoms with van der Waals surface area (Å²) in [6.07, 6.45) is 1.32. The molecule has 4 nitrogen and oxygen atoms in total. The number of benzene rings is 1. The second-order valence-electron chi connectivity index (χ2n) is 4.66. The monoisotopic (exact) mass is 254 g/mol. The van der Waals surface area contributed by atoms with Gasteiger partial charge in [-0.2, -0.15) is 0 Å². The lowest BCUT2D eigenvalue weighted by atomic mass is 10.1. The average molecular weight is 254 g/mol. The highest BCUT2D eigenvalue weighted by molar-refractivity contribution is 7.91. The molecule has 94 valence electrons. The van der Waals surface area contributed by atoms with Crippen LogP contribution in [0, 0.1) is 6.92 Å². The number of nitrogens with two attached hydrogens (primary N) is 1. The van der Waals surface area contributed by atoms with Crippen LogP contribution in [0.4, 0.5) is 11.4 Å². The maximum absolute atomic E-state index is 11.3. The number of hydrogen-bond donors (Lipinski definition) is 2. The van der Waals surface area contributed by atoms with E-state index in [9.17, 15) is 8.42 Å². The van der Waals surface area contributed by atoms with Gasteiger partial charge in [0, 0.05) is 6.04 Å². The first-order chi connectivity index (χ1) is 7.96. The molecule has 3 N–H and O–H groups in total. The molecular weight excluding hydrogens is 236 g/mol. The van der Waals surface area contributed by atoms with Gasteiger partial charge in [-0.05, 0) is 37.5 Å². The highest BCUT2D eigenvalue weighted by Crippen LogP contribution is 2.23. The maximum Gasteiger partial charge on any atom is 0.150 e. The van der Waals surface area contributed by atoms with Gasteiger partial charge in [-0.3, -0.25) is 0 Å². The van der Waals surface area contributed by atoms with Crippen LogP contribution in [0.15, 0.2) is 18.2 Å². The van der Waals surface area contributed by atoms with Crippen LogP contribution in [0.2, 0.25) is 0 Å². The van der Waals surface area contributed by atoms with Gasteiger partial charge in [0.05, 0.1) is 22.9 Å². The molecule has 0 aromatic heterocycles. The first-order valence-corrected chi connectivity index (χ1v) is 7.61. The van der Waals surface area contributed by atoms with Gasteiger partial charge >= 0.3 is 0 Å². The fraction of sp³-hybridized carbons (Fsp3) is 0.500. The van der Waals surface area contributed by atoms with Crippen molar-refractivity contribution in [2.75, 3.05) is 22.6 Å². The average Bonchev–Trinajstić information content (AvgIpc) is 2.26. The molecule has 0 atom stereocenters. The summed E-state index contributed by atoms with van der Waals surface area (Å²) in [7, 11) is -2.80. The standard InChI is InChI=1S/C12H18N2O2S/c1-9-2-3-11(13)12(8-9)14-10-4-6-17(15,16)7-5-10/h2-3,8,10,14H,4-7,13H2,1H3. The molecule has 1 aliphatic heterocycles. The molecule has 1 aromatic carbocycles. The summed E-state index contributed by atoms with van der Waals surface area (Å²) in [5.74, 6) is 0.548. The third kappa shape index (κ3) is 3.12. The van der Waals surface area contributed by atoms with Crippen LogP contribution in [0.1, 0.15) is 18.4 Å². The Morgan fingerprint density at radius 3 is 2.59 bits per heavy atom. The first kappa shape index (κ1) is 12.2. The second kappa shape index (κ2) is 4.56. The van der Waals surface area contributed by atoms with E-state index in [-0.39, 0.29) is 17.5 Å². The molecule has 1 aliphatic rings. The summed E-state index contributed by atoms with van der Waals surface area (Å²) in [4.78, 5) is 0. The highest BCUT2D eigenvalue weighted by atomic mass is 32.2. The van der Waals surface area contributed by atoms with Crippen LogP contribution in [-0.2, 0) is 9.84 Å². The molecular formula is C12H18N2O2S. The van der Waals surface area contributed by atoms with E-state index < -0.39 is 9.84 Å². The number of rotatable bonds is 2. The Labute approximate surface area is 102 Å². The Morgan fingerprint density at radius 2 is 1.94 bits per heavy atom. The Hall–Kier alpha value is -1.23. The molecule has 0 amide bonds. The van der Waals surface area contributed by atoms with Crippen molar-refractivity contribution >= 4 is 21.2 Å². The molecule has 1 saturated heterocycles. The number of hydrogen-bond acceptors (Lipinski definition) is 4. The topological polar surface area (TPSA) is 72.2 Å². The molecule has 1 heterocycles. The largest absolute Gasteiger partial charge is 0.397 e. The van der Waals surface area contributed by atoms with Crippen LogP contribution in [0.25, 0.3) is 0 Å². The Balaban J connectivity index is 2.05. The third-order valence-electron chi connectivity index (χ3n) is 3.12. The molecule has 5 heteroatoms. The minimum absolute atomic E-state index is 0.211. The zero-order chi connectivity index (χ0) is 12.5.